The van der Waals surface area contributed by atoms with Gasteiger partial charge in [0.1, 0.15) is 0 Å². The Hall–Kier alpha value is -1.41. The number of rotatable bonds is 4. The van der Waals surface area contributed by atoms with E-state index in [1.54, 1.807) is 0 Å². The molecule has 8 heteroatoms. The van der Waals surface area contributed by atoms with Crippen molar-refractivity contribution in [3.63, 3.8) is 0 Å². The van der Waals surface area contributed by atoms with Gasteiger partial charge in [-0.1, -0.05) is 9.70 Å². The third-order valence-electron chi connectivity index (χ3n) is 1.38. The molecule has 2 heterocycles. The van der Waals surface area contributed by atoms with Crippen molar-refractivity contribution in [2.75, 3.05) is 0 Å². The zero-order chi connectivity index (χ0) is 8.93. The third-order valence-corrected chi connectivity index (χ3v) is 1.94. The van der Waals surface area contributed by atoms with Gasteiger partial charge in [-0.25, -0.2) is 0 Å². The lowest BCUT2D eigenvalue weighted by atomic mass is 10.5. The summed E-state index contributed by atoms with van der Waals surface area (Å²) in [6.45, 7) is 1.25. The molecule has 68 valence electrons. The lowest BCUT2D eigenvalue weighted by Crippen LogP contribution is -2.14. The van der Waals surface area contributed by atoms with E-state index in [0.29, 0.717) is 18.9 Å². The lowest BCUT2D eigenvalue weighted by Gasteiger charge is -1.95. The summed E-state index contributed by atoms with van der Waals surface area (Å²) in [5.74, 6) is 0.642. The van der Waals surface area contributed by atoms with Gasteiger partial charge in [0.25, 0.3) is 0 Å². The third kappa shape index (κ3) is 2.26. The minimum Gasteiger partial charge on any atom is -0.304 e. The van der Waals surface area contributed by atoms with Crippen molar-refractivity contribution >= 4 is 11.5 Å². The number of nitrogens with zero attached hydrogens (tertiary/aromatic N) is 5. The van der Waals surface area contributed by atoms with Crippen LogP contribution >= 0.6 is 11.5 Å². The van der Waals surface area contributed by atoms with Crippen molar-refractivity contribution in [3.05, 3.63) is 16.9 Å². The molecular formula is C5H7N7S. The summed E-state index contributed by atoms with van der Waals surface area (Å²) >= 11 is 1.34. The Kier molecular flexibility index (Phi) is 2.53. The van der Waals surface area contributed by atoms with Gasteiger partial charge in [0, 0.05) is 11.9 Å². The second-order valence-corrected chi connectivity index (χ2v) is 2.94. The topological polar surface area (TPSA) is 92.3 Å². The summed E-state index contributed by atoms with van der Waals surface area (Å²) in [6.07, 6.45) is 0. The first-order valence-electron chi connectivity index (χ1n) is 3.64. The van der Waals surface area contributed by atoms with Crippen molar-refractivity contribution in [3.8, 4) is 0 Å². The largest absolute Gasteiger partial charge is 0.304 e. The summed E-state index contributed by atoms with van der Waals surface area (Å²) in [5, 5.41) is 22.3. The molecule has 2 N–H and O–H groups in total. The van der Waals surface area contributed by atoms with Crippen LogP contribution in [0.1, 0.15) is 11.5 Å². The maximum absolute atomic E-state index is 3.88. The van der Waals surface area contributed by atoms with E-state index in [1.807, 2.05) is 5.38 Å². The van der Waals surface area contributed by atoms with E-state index < -0.39 is 0 Å². The summed E-state index contributed by atoms with van der Waals surface area (Å²) < 4.78 is 3.74. The van der Waals surface area contributed by atoms with Crippen LogP contribution in [-0.2, 0) is 13.1 Å². The van der Waals surface area contributed by atoms with Crippen molar-refractivity contribution < 1.29 is 0 Å². The Morgan fingerprint density at radius 2 is 2.38 bits per heavy atom. The molecule has 0 aliphatic rings. The van der Waals surface area contributed by atoms with Crippen LogP contribution in [0.2, 0.25) is 0 Å². The predicted octanol–water partition coefficient (Wildman–Crippen LogP) is -0.659. The Morgan fingerprint density at radius 1 is 1.38 bits per heavy atom. The molecule has 0 fully saturated rings. The first-order chi connectivity index (χ1) is 6.45. The van der Waals surface area contributed by atoms with Crippen LogP contribution in [0.25, 0.3) is 0 Å². The molecule has 13 heavy (non-hydrogen) atoms. The van der Waals surface area contributed by atoms with Crippen molar-refractivity contribution in [1.29, 1.82) is 0 Å². The standard InChI is InChI=1S/C5H7N7S/c1(4-3-13-12-7-4)6-2-5-8-10-11-9-5/h3,6H,1-2H2,(H,8,9,10,11). The number of aromatic amines is 1. The zero-order valence-electron chi connectivity index (χ0n) is 6.64. The molecule has 0 aliphatic carbocycles. The average Bonchev–Trinajstić information content (AvgIpc) is 2.75. The lowest BCUT2D eigenvalue weighted by molar-refractivity contribution is 0.651. The fourth-order valence-corrected chi connectivity index (χ4v) is 1.27. The van der Waals surface area contributed by atoms with E-state index in [0.717, 1.165) is 5.69 Å². The van der Waals surface area contributed by atoms with Crippen LogP contribution in [0.4, 0.5) is 0 Å². The highest BCUT2D eigenvalue weighted by Crippen LogP contribution is 1.95. The average molecular weight is 197 g/mol. The Bertz CT molecular complexity index is 293. The van der Waals surface area contributed by atoms with E-state index in [-0.39, 0.29) is 0 Å². The fourth-order valence-electron chi connectivity index (χ4n) is 0.821. The minimum absolute atomic E-state index is 0.577. The second kappa shape index (κ2) is 4.01. The van der Waals surface area contributed by atoms with Crippen LogP contribution < -0.4 is 5.32 Å². The molecule has 0 aromatic carbocycles. The maximum atomic E-state index is 3.88. The van der Waals surface area contributed by atoms with Gasteiger partial charge < -0.3 is 5.32 Å². The fraction of sp³-hybridized carbons (Fsp3) is 0.400. The van der Waals surface area contributed by atoms with Crippen molar-refractivity contribution in [2.24, 2.45) is 0 Å². The molecule has 2 rings (SSSR count). The van der Waals surface area contributed by atoms with Crippen LogP contribution in [0.5, 0.6) is 0 Å². The predicted molar refractivity (Wildman–Crippen MR) is 44.6 cm³/mol. The number of tetrazole rings is 1. The molecular weight excluding hydrogens is 190 g/mol. The van der Waals surface area contributed by atoms with Gasteiger partial charge in [-0.15, -0.1) is 15.3 Å². The first-order valence-corrected chi connectivity index (χ1v) is 4.48. The molecule has 0 saturated carbocycles. The van der Waals surface area contributed by atoms with Crippen molar-refractivity contribution in [1.82, 2.24) is 35.5 Å². The van der Waals surface area contributed by atoms with Crippen LogP contribution in [-0.4, -0.2) is 30.2 Å². The van der Waals surface area contributed by atoms with E-state index in [9.17, 15) is 0 Å². The SMILES string of the molecule is c1snnc1CNCc1nn[nH]n1. The smallest absolute Gasteiger partial charge is 0.188 e. The number of hydrogen-bond acceptors (Lipinski definition) is 7. The van der Waals surface area contributed by atoms with Crippen molar-refractivity contribution in [2.45, 2.75) is 13.1 Å². The molecule has 2 aromatic heterocycles. The number of H-pyrrole nitrogens is 1. The normalized spacial score (nSPS) is 10.5. The molecule has 0 bridgehead atoms. The molecule has 0 spiro atoms. The van der Waals surface area contributed by atoms with E-state index in [2.05, 4.69) is 35.5 Å². The number of aromatic nitrogens is 6. The highest BCUT2D eigenvalue weighted by Gasteiger charge is 1.98. The molecule has 0 aliphatic heterocycles. The Labute approximate surface area is 77.7 Å². The van der Waals surface area contributed by atoms with Gasteiger partial charge in [-0.2, -0.15) is 5.21 Å². The summed E-state index contributed by atoms with van der Waals surface area (Å²) in [4.78, 5) is 0. The van der Waals surface area contributed by atoms with E-state index in [4.69, 9.17) is 0 Å². The van der Waals surface area contributed by atoms with Gasteiger partial charge in [0.2, 0.25) is 0 Å². The number of hydrogen-bond donors (Lipinski definition) is 2. The van der Waals surface area contributed by atoms with Gasteiger partial charge in [0.15, 0.2) is 5.82 Å². The van der Waals surface area contributed by atoms with Crippen LogP contribution in [0, 0.1) is 0 Å². The molecule has 7 nitrogen and oxygen atoms in total. The molecule has 0 amide bonds. The quantitative estimate of drug-likeness (QED) is 0.676. The second-order valence-electron chi connectivity index (χ2n) is 2.33. The molecule has 0 radical (unpaired) electrons. The maximum Gasteiger partial charge on any atom is 0.188 e. The minimum atomic E-state index is 0.577. The summed E-state index contributed by atoms with van der Waals surface area (Å²) in [7, 11) is 0. The Balaban J connectivity index is 1.76. The summed E-state index contributed by atoms with van der Waals surface area (Å²) in [6, 6.07) is 0. The van der Waals surface area contributed by atoms with E-state index >= 15 is 0 Å². The molecule has 0 unspecified atom stereocenters. The monoisotopic (exact) mass is 197 g/mol. The highest BCUT2D eigenvalue weighted by atomic mass is 32.1. The van der Waals surface area contributed by atoms with Gasteiger partial charge in [-0.3, -0.25) is 0 Å². The molecule has 0 saturated heterocycles. The molecule has 0 atom stereocenters. The van der Waals surface area contributed by atoms with Crippen LogP contribution in [0.15, 0.2) is 5.38 Å². The molecule has 2 aromatic rings. The van der Waals surface area contributed by atoms with E-state index in [1.165, 1.54) is 11.5 Å². The summed E-state index contributed by atoms with van der Waals surface area (Å²) in [5.41, 5.74) is 0.925. The van der Waals surface area contributed by atoms with Crippen LogP contribution in [0.3, 0.4) is 0 Å². The van der Waals surface area contributed by atoms with Gasteiger partial charge >= 0.3 is 0 Å². The Morgan fingerprint density at radius 3 is 3.08 bits per heavy atom. The highest BCUT2D eigenvalue weighted by molar-refractivity contribution is 7.03. The van der Waals surface area contributed by atoms with Gasteiger partial charge in [-0.05, 0) is 11.5 Å². The first kappa shape index (κ1) is 8.20. The number of nitrogens with one attached hydrogen (secondary N) is 2. The zero-order valence-corrected chi connectivity index (χ0v) is 7.45. The van der Waals surface area contributed by atoms with Gasteiger partial charge in [0.05, 0.1) is 12.2 Å².